The second-order valence-corrected chi connectivity index (χ2v) is 3.18. The lowest BCUT2D eigenvalue weighted by molar-refractivity contribution is 0.415. The molecule has 1 aliphatic heterocycles. The zero-order valence-corrected chi connectivity index (χ0v) is 6.22. The van der Waals surface area contributed by atoms with Gasteiger partial charge in [0.2, 0.25) is 0 Å². The van der Waals surface area contributed by atoms with Gasteiger partial charge in [-0.05, 0) is 18.9 Å². The van der Waals surface area contributed by atoms with Gasteiger partial charge in [-0.1, -0.05) is 13.8 Å². The minimum atomic E-state index is 0.394. The van der Waals surface area contributed by atoms with Crippen LogP contribution in [0, 0.1) is 5.92 Å². The van der Waals surface area contributed by atoms with E-state index in [2.05, 4.69) is 19.2 Å². The van der Waals surface area contributed by atoms with E-state index in [9.17, 15) is 0 Å². The molecular weight excluding hydrogens is 112 g/mol. The molecule has 0 aromatic heterocycles. The van der Waals surface area contributed by atoms with E-state index in [4.69, 9.17) is 5.73 Å². The van der Waals surface area contributed by atoms with E-state index in [0.29, 0.717) is 18.0 Å². The van der Waals surface area contributed by atoms with Gasteiger partial charge in [0.1, 0.15) is 0 Å². The molecule has 1 heterocycles. The zero-order valence-electron chi connectivity index (χ0n) is 6.22. The number of hydrogen-bond donors (Lipinski definition) is 2. The lowest BCUT2D eigenvalue weighted by Crippen LogP contribution is -2.40. The van der Waals surface area contributed by atoms with E-state index >= 15 is 0 Å². The van der Waals surface area contributed by atoms with E-state index in [1.165, 1.54) is 0 Å². The molecule has 0 aliphatic carbocycles. The van der Waals surface area contributed by atoms with Gasteiger partial charge in [-0.15, -0.1) is 0 Å². The average molecular weight is 128 g/mol. The summed E-state index contributed by atoms with van der Waals surface area (Å²) in [5, 5.41) is 3.38. The first-order chi connectivity index (χ1) is 4.22. The maximum atomic E-state index is 5.82. The van der Waals surface area contributed by atoms with Crippen LogP contribution < -0.4 is 11.1 Å². The molecule has 1 saturated heterocycles. The summed E-state index contributed by atoms with van der Waals surface area (Å²) in [7, 11) is 0. The third-order valence-electron chi connectivity index (χ3n) is 2.04. The van der Waals surface area contributed by atoms with Crippen LogP contribution in [0.3, 0.4) is 0 Å². The SMILES string of the molecule is CC(C)[C@@H]1NCCC1N. The monoisotopic (exact) mass is 128 g/mol. The normalized spacial score (nSPS) is 36.0. The first-order valence-electron chi connectivity index (χ1n) is 3.71. The standard InChI is InChI=1S/C7H16N2/c1-5(2)7-6(8)3-4-9-7/h5-7,9H,3-4,8H2,1-2H3/t6?,7-/m0/s1. The fourth-order valence-electron chi connectivity index (χ4n) is 1.48. The molecule has 1 unspecified atom stereocenters. The summed E-state index contributed by atoms with van der Waals surface area (Å²) >= 11 is 0. The van der Waals surface area contributed by atoms with Gasteiger partial charge >= 0.3 is 0 Å². The summed E-state index contributed by atoms with van der Waals surface area (Å²) in [6, 6.07) is 0.954. The smallest absolute Gasteiger partial charge is 0.0242 e. The predicted molar refractivity (Wildman–Crippen MR) is 39.2 cm³/mol. The van der Waals surface area contributed by atoms with Crippen molar-refractivity contribution in [2.75, 3.05) is 6.54 Å². The lowest BCUT2D eigenvalue weighted by atomic mass is 9.99. The molecular formula is C7H16N2. The maximum Gasteiger partial charge on any atom is 0.0242 e. The third kappa shape index (κ3) is 1.43. The van der Waals surface area contributed by atoms with Crippen molar-refractivity contribution in [3.63, 3.8) is 0 Å². The van der Waals surface area contributed by atoms with Gasteiger partial charge in [0, 0.05) is 12.1 Å². The Balaban J connectivity index is 2.40. The fraction of sp³-hybridized carbons (Fsp3) is 1.00. The average Bonchev–Trinajstić information content (AvgIpc) is 2.13. The van der Waals surface area contributed by atoms with Crippen molar-refractivity contribution in [3.05, 3.63) is 0 Å². The second kappa shape index (κ2) is 2.67. The zero-order chi connectivity index (χ0) is 6.85. The molecule has 54 valence electrons. The Kier molecular flexibility index (Phi) is 2.09. The molecule has 1 aliphatic rings. The van der Waals surface area contributed by atoms with E-state index in [1.807, 2.05) is 0 Å². The van der Waals surface area contributed by atoms with Gasteiger partial charge in [-0.25, -0.2) is 0 Å². The summed E-state index contributed by atoms with van der Waals surface area (Å²) in [6.45, 7) is 5.52. The molecule has 0 aromatic carbocycles. The van der Waals surface area contributed by atoms with Crippen LogP contribution in [-0.4, -0.2) is 18.6 Å². The molecule has 3 N–H and O–H groups in total. The molecule has 2 nitrogen and oxygen atoms in total. The van der Waals surface area contributed by atoms with Crippen molar-refractivity contribution >= 4 is 0 Å². The Labute approximate surface area is 56.8 Å². The molecule has 2 atom stereocenters. The molecule has 1 fully saturated rings. The summed E-state index contributed by atoms with van der Waals surface area (Å²) in [4.78, 5) is 0. The van der Waals surface area contributed by atoms with Crippen LogP contribution in [0.15, 0.2) is 0 Å². The number of nitrogens with one attached hydrogen (secondary N) is 1. The highest BCUT2D eigenvalue weighted by Crippen LogP contribution is 2.12. The summed E-state index contributed by atoms with van der Waals surface area (Å²) in [5.41, 5.74) is 5.82. The van der Waals surface area contributed by atoms with E-state index in [0.717, 1.165) is 13.0 Å². The molecule has 9 heavy (non-hydrogen) atoms. The lowest BCUT2D eigenvalue weighted by Gasteiger charge is -2.18. The van der Waals surface area contributed by atoms with Crippen LogP contribution in [0.4, 0.5) is 0 Å². The largest absolute Gasteiger partial charge is 0.326 e. The molecule has 1 rings (SSSR count). The van der Waals surface area contributed by atoms with Crippen molar-refractivity contribution in [2.24, 2.45) is 11.7 Å². The maximum absolute atomic E-state index is 5.82. The van der Waals surface area contributed by atoms with Crippen molar-refractivity contribution in [1.29, 1.82) is 0 Å². The Bertz CT molecular complexity index is 90.9. The highest BCUT2D eigenvalue weighted by molar-refractivity contribution is 4.88. The molecule has 0 bridgehead atoms. The number of hydrogen-bond acceptors (Lipinski definition) is 2. The first-order valence-corrected chi connectivity index (χ1v) is 3.71. The Hall–Kier alpha value is -0.0800. The van der Waals surface area contributed by atoms with Crippen LogP contribution in [0.5, 0.6) is 0 Å². The quantitative estimate of drug-likeness (QED) is 0.534. The van der Waals surface area contributed by atoms with Crippen LogP contribution in [-0.2, 0) is 0 Å². The Morgan fingerprint density at radius 3 is 2.44 bits per heavy atom. The predicted octanol–water partition coefficient (Wildman–Crippen LogP) is 0.332. The second-order valence-electron chi connectivity index (χ2n) is 3.18. The highest BCUT2D eigenvalue weighted by Gasteiger charge is 2.25. The van der Waals surface area contributed by atoms with Gasteiger partial charge in [0.05, 0.1) is 0 Å². The number of nitrogens with two attached hydrogens (primary N) is 1. The van der Waals surface area contributed by atoms with Gasteiger partial charge in [-0.2, -0.15) is 0 Å². The summed E-state index contributed by atoms with van der Waals surface area (Å²) < 4.78 is 0. The first kappa shape index (κ1) is 7.03. The summed E-state index contributed by atoms with van der Waals surface area (Å²) in [6.07, 6.45) is 1.14. The number of rotatable bonds is 1. The van der Waals surface area contributed by atoms with E-state index < -0.39 is 0 Å². The molecule has 0 radical (unpaired) electrons. The summed E-state index contributed by atoms with van der Waals surface area (Å²) in [5.74, 6) is 0.683. The van der Waals surface area contributed by atoms with Gasteiger partial charge in [-0.3, -0.25) is 0 Å². The van der Waals surface area contributed by atoms with Crippen LogP contribution in [0.1, 0.15) is 20.3 Å². The minimum absolute atomic E-state index is 0.394. The van der Waals surface area contributed by atoms with Crippen molar-refractivity contribution in [3.8, 4) is 0 Å². The molecule has 0 spiro atoms. The molecule has 0 amide bonds. The van der Waals surface area contributed by atoms with Gasteiger partial charge in [0.15, 0.2) is 0 Å². The van der Waals surface area contributed by atoms with Crippen LogP contribution in [0.2, 0.25) is 0 Å². The van der Waals surface area contributed by atoms with Crippen LogP contribution in [0.25, 0.3) is 0 Å². The van der Waals surface area contributed by atoms with Gasteiger partial charge < -0.3 is 11.1 Å². The molecule has 0 saturated carbocycles. The van der Waals surface area contributed by atoms with Crippen molar-refractivity contribution < 1.29 is 0 Å². The molecule has 0 aromatic rings. The minimum Gasteiger partial charge on any atom is -0.326 e. The van der Waals surface area contributed by atoms with Gasteiger partial charge in [0.25, 0.3) is 0 Å². The Morgan fingerprint density at radius 2 is 2.22 bits per heavy atom. The highest BCUT2D eigenvalue weighted by atomic mass is 15.0. The van der Waals surface area contributed by atoms with E-state index in [1.54, 1.807) is 0 Å². The van der Waals surface area contributed by atoms with E-state index in [-0.39, 0.29) is 0 Å². The third-order valence-corrected chi connectivity index (χ3v) is 2.04. The van der Waals surface area contributed by atoms with Crippen molar-refractivity contribution in [2.45, 2.75) is 32.4 Å². The van der Waals surface area contributed by atoms with Crippen molar-refractivity contribution in [1.82, 2.24) is 5.32 Å². The fourth-order valence-corrected chi connectivity index (χ4v) is 1.48. The Morgan fingerprint density at radius 1 is 1.56 bits per heavy atom. The molecule has 2 heteroatoms. The van der Waals surface area contributed by atoms with Crippen LogP contribution >= 0.6 is 0 Å². The topological polar surface area (TPSA) is 38.0 Å².